The van der Waals surface area contributed by atoms with E-state index < -0.39 is 11.9 Å². The molecule has 19 heavy (non-hydrogen) atoms. The summed E-state index contributed by atoms with van der Waals surface area (Å²) in [6.07, 6.45) is -4.45. The summed E-state index contributed by atoms with van der Waals surface area (Å²) in [7, 11) is 0. The predicted molar refractivity (Wildman–Crippen MR) is 62.8 cm³/mol. The zero-order valence-electron chi connectivity index (χ0n) is 10.3. The van der Waals surface area contributed by atoms with Crippen molar-refractivity contribution in [2.45, 2.75) is 6.18 Å². The van der Waals surface area contributed by atoms with Gasteiger partial charge >= 0.3 is 6.18 Å². The van der Waals surface area contributed by atoms with Gasteiger partial charge in [-0.1, -0.05) is 0 Å². The van der Waals surface area contributed by atoms with Crippen LogP contribution in [0.1, 0.15) is 5.69 Å². The third kappa shape index (κ3) is 3.54. The van der Waals surface area contributed by atoms with Crippen molar-refractivity contribution >= 4 is 5.82 Å². The first-order valence-electron chi connectivity index (χ1n) is 6.00. The first-order chi connectivity index (χ1) is 9.00. The maximum atomic E-state index is 12.4. The molecule has 1 aliphatic rings. The zero-order chi connectivity index (χ0) is 13.9. The molecule has 1 aromatic heterocycles. The number of nitrogens with zero attached hydrogens (tertiary/aromatic N) is 4. The highest BCUT2D eigenvalue weighted by Crippen LogP contribution is 2.27. The molecule has 2 heterocycles. The van der Waals surface area contributed by atoms with Crippen molar-refractivity contribution in [1.29, 1.82) is 0 Å². The second kappa shape index (κ2) is 5.70. The average molecular weight is 276 g/mol. The largest absolute Gasteiger partial charge is 0.435 e. The number of anilines is 1. The van der Waals surface area contributed by atoms with Crippen molar-refractivity contribution in [2.75, 3.05) is 44.2 Å². The van der Waals surface area contributed by atoms with Gasteiger partial charge in [0.05, 0.1) is 6.61 Å². The number of halogens is 3. The van der Waals surface area contributed by atoms with Crippen LogP contribution < -0.4 is 4.90 Å². The second-order valence-electron chi connectivity index (χ2n) is 4.33. The Hall–Kier alpha value is -1.41. The highest BCUT2D eigenvalue weighted by Gasteiger charge is 2.33. The molecule has 0 aromatic carbocycles. The maximum absolute atomic E-state index is 12.4. The molecule has 8 heteroatoms. The minimum atomic E-state index is -4.45. The lowest BCUT2D eigenvalue weighted by Crippen LogP contribution is -2.47. The van der Waals surface area contributed by atoms with E-state index in [0.717, 1.165) is 19.2 Å². The molecule has 0 aliphatic carbocycles. The van der Waals surface area contributed by atoms with Crippen LogP contribution in [0, 0.1) is 0 Å². The molecule has 0 unspecified atom stereocenters. The molecule has 1 saturated heterocycles. The molecule has 1 aromatic rings. The van der Waals surface area contributed by atoms with Crippen LogP contribution in [-0.2, 0) is 6.18 Å². The van der Waals surface area contributed by atoms with E-state index in [-0.39, 0.29) is 6.61 Å². The van der Waals surface area contributed by atoms with Crippen molar-refractivity contribution in [3.05, 3.63) is 17.8 Å². The van der Waals surface area contributed by atoms with Gasteiger partial charge in [0, 0.05) is 32.7 Å². The minimum absolute atomic E-state index is 0.111. The van der Waals surface area contributed by atoms with Crippen molar-refractivity contribution in [2.24, 2.45) is 0 Å². The van der Waals surface area contributed by atoms with Crippen LogP contribution in [-0.4, -0.2) is 59.5 Å². The lowest BCUT2D eigenvalue weighted by atomic mass is 10.3. The van der Waals surface area contributed by atoms with E-state index in [1.54, 1.807) is 0 Å². The first-order valence-corrected chi connectivity index (χ1v) is 6.00. The zero-order valence-corrected chi connectivity index (χ0v) is 10.3. The Balaban J connectivity index is 1.97. The van der Waals surface area contributed by atoms with E-state index in [1.807, 2.05) is 4.90 Å². The number of alkyl halides is 3. The molecular weight excluding hydrogens is 261 g/mol. The number of hydrogen-bond donors (Lipinski definition) is 1. The number of piperazine rings is 1. The topological polar surface area (TPSA) is 52.5 Å². The molecular formula is C11H15F3N4O. The Labute approximate surface area is 108 Å². The molecule has 0 saturated carbocycles. The van der Waals surface area contributed by atoms with Gasteiger partial charge in [-0.2, -0.15) is 13.2 Å². The molecule has 2 rings (SSSR count). The summed E-state index contributed by atoms with van der Waals surface area (Å²) in [5.41, 5.74) is -0.977. The first kappa shape index (κ1) is 14.0. The van der Waals surface area contributed by atoms with Gasteiger partial charge in [0.1, 0.15) is 0 Å². The molecule has 5 nitrogen and oxygen atoms in total. The van der Waals surface area contributed by atoms with Crippen molar-refractivity contribution < 1.29 is 18.3 Å². The van der Waals surface area contributed by atoms with Crippen molar-refractivity contribution in [1.82, 2.24) is 15.1 Å². The number of aliphatic hydroxyl groups excluding tert-OH is 1. The highest BCUT2D eigenvalue weighted by atomic mass is 19.4. The monoisotopic (exact) mass is 276 g/mol. The smallest absolute Gasteiger partial charge is 0.395 e. The van der Waals surface area contributed by atoms with E-state index >= 15 is 0 Å². The van der Waals surface area contributed by atoms with Crippen LogP contribution in [0.25, 0.3) is 0 Å². The second-order valence-corrected chi connectivity index (χ2v) is 4.33. The summed E-state index contributed by atoms with van der Waals surface area (Å²) >= 11 is 0. The standard InChI is InChI=1S/C11H15F3N4O/c12-11(13,14)9-1-2-10(16-15-9)18-5-3-17(4-6-18)7-8-19/h1-2,19H,3-8H2. The summed E-state index contributed by atoms with van der Waals surface area (Å²) in [5.74, 6) is 0.455. The number of hydrogen-bond acceptors (Lipinski definition) is 5. The Morgan fingerprint density at radius 1 is 1.11 bits per heavy atom. The number of aromatic nitrogens is 2. The van der Waals surface area contributed by atoms with Gasteiger partial charge in [-0.05, 0) is 12.1 Å². The molecule has 0 atom stereocenters. The van der Waals surface area contributed by atoms with Crippen LogP contribution in [0.3, 0.4) is 0 Å². The van der Waals surface area contributed by atoms with Crippen LogP contribution in [0.2, 0.25) is 0 Å². The van der Waals surface area contributed by atoms with Gasteiger partial charge in [-0.25, -0.2) is 0 Å². The molecule has 0 radical (unpaired) electrons. The lowest BCUT2D eigenvalue weighted by molar-refractivity contribution is -0.141. The number of β-amino-alcohol motifs (C(OH)–C–C–N with tert-alkyl or cyclic N) is 1. The molecule has 0 spiro atoms. The van der Waals surface area contributed by atoms with Gasteiger partial charge < -0.3 is 10.0 Å². The quantitative estimate of drug-likeness (QED) is 0.876. The summed E-state index contributed by atoms with van der Waals surface area (Å²) in [5, 5.41) is 15.7. The summed E-state index contributed by atoms with van der Waals surface area (Å²) in [6.45, 7) is 3.57. The van der Waals surface area contributed by atoms with E-state index in [2.05, 4.69) is 15.1 Å². The lowest BCUT2D eigenvalue weighted by Gasteiger charge is -2.34. The van der Waals surface area contributed by atoms with Crippen LogP contribution in [0.4, 0.5) is 19.0 Å². The number of aliphatic hydroxyl groups is 1. The fraction of sp³-hybridized carbons (Fsp3) is 0.636. The predicted octanol–water partition coefficient (Wildman–Crippen LogP) is 0.610. The minimum Gasteiger partial charge on any atom is -0.395 e. The van der Waals surface area contributed by atoms with Crippen molar-refractivity contribution in [3.8, 4) is 0 Å². The molecule has 0 bridgehead atoms. The van der Waals surface area contributed by atoms with Crippen LogP contribution in [0.5, 0.6) is 0 Å². The van der Waals surface area contributed by atoms with Gasteiger partial charge in [0.2, 0.25) is 0 Å². The van der Waals surface area contributed by atoms with Gasteiger partial charge in [0.25, 0.3) is 0 Å². The summed E-state index contributed by atoms with van der Waals surface area (Å²) in [6, 6.07) is 2.29. The van der Waals surface area contributed by atoms with Crippen LogP contribution in [0.15, 0.2) is 12.1 Å². The van der Waals surface area contributed by atoms with E-state index in [1.165, 1.54) is 6.07 Å². The fourth-order valence-corrected chi connectivity index (χ4v) is 1.99. The Morgan fingerprint density at radius 3 is 2.26 bits per heavy atom. The summed E-state index contributed by atoms with van der Waals surface area (Å²) in [4.78, 5) is 3.98. The normalized spacial score (nSPS) is 17.8. The maximum Gasteiger partial charge on any atom is 0.435 e. The Kier molecular flexibility index (Phi) is 4.20. The fourth-order valence-electron chi connectivity index (χ4n) is 1.99. The molecule has 1 aliphatic heterocycles. The van der Waals surface area contributed by atoms with Gasteiger partial charge in [-0.3, -0.25) is 4.90 Å². The average Bonchev–Trinajstić information content (AvgIpc) is 2.39. The van der Waals surface area contributed by atoms with E-state index in [0.29, 0.717) is 25.5 Å². The summed E-state index contributed by atoms with van der Waals surface area (Å²) < 4.78 is 37.1. The number of rotatable bonds is 3. The third-order valence-electron chi connectivity index (χ3n) is 3.05. The third-order valence-corrected chi connectivity index (χ3v) is 3.05. The van der Waals surface area contributed by atoms with E-state index in [4.69, 9.17) is 5.11 Å². The molecule has 1 fully saturated rings. The van der Waals surface area contributed by atoms with Crippen molar-refractivity contribution in [3.63, 3.8) is 0 Å². The Morgan fingerprint density at radius 2 is 1.79 bits per heavy atom. The van der Waals surface area contributed by atoms with Crippen LogP contribution >= 0.6 is 0 Å². The Bertz CT molecular complexity index is 401. The molecule has 1 N–H and O–H groups in total. The van der Waals surface area contributed by atoms with Gasteiger partial charge in [0.15, 0.2) is 11.5 Å². The highest BCUT2D eigenvalue weighted by molar-refractivity contribution is 5.38. The van der Waals surface area contributed by atoms with Gasteiger partial charge in [-0.15, -0.1) is 10.2 Å². The SMILES string of the molecule is OCCN1CCN(c2ccc(C(F)(F)F)nn2)CC1. The van der Waals surface area contributed by atoms with E-state index in [9.17, 15) is 13.2 Å². The molecule has 106 valence electrons. The molecule has 0 amide bonds.